The molecule has 1 fully saturated rings. The summed E-state index contributed by atoms with van der Waals surface area (Å²) in [6.45, 7) is 4.67. The summed E-state index contributed by atoms with van der Waals surface area (Å²) in [7, 11) is 0. The van der Waals surface area contributed by atoms with E-state index in [1.54, 1.807) is 22.8 Å². The molecule has 8 nitrogen and oxygen atoms in total. The lowest BCUT2D eigenvalue weighted by atomic mass is 10.0. The van der Waals surface area contributed by atoms with Gasteiger partial charge in [-0.25, -0.2) is 9.07 Å². The molecule has 5 rings (SSSR count). The largest absolute Gasteiger partial charge is 0.364 e. The summed E-state index contributed by atoms with van der Waals surface area (Å²) in [5, 5.41) is 4.30. The van der Waals surface area contributed by atoms with Crippen LogP contribution in [0, 0.1) is 19.7 Å². The summed E-state index contributed by atoms with van der Waals surface area (Å²) < 4.78 is 15.4. The van der Waals surface area contributed by atoms with Crippen molar-refractivity contribution in [2.45, 2.75) is 33.1 Å². The number of fused-ring (bicyclic) bond motifs is 1. The van der Waals surface area contributed by atoms with Crippen molar-refractivity contribution in [1.82, 2.24) is 9.78 Å². The highest BCUT2D eigenvalue weighted by molar-refractivity contribution is 6.09. The second-order valence-corrected chi connectivity index (χ2v) is 8.77. The molecule has 2 aliphatic rings. The molecule has 3 heterocycles. The van der Waals surface area contributed by atoms with E-state index in [0.717, 1.165) is 17.7 Å². The van der Waals surface area contributed by atoms with Crippen molar-refractivity contribution in [3.05, 3.63) is 70.3 Å². The van der Waals surface area contributed by atoms with E-state index in [9.17, 15) is 18.8 Å². The third kappa shape index (κ3) is 3.53. The van der Waals surface area contributed by atoms with Crippen molar-refractivity contribution in [3.63, 3.8) is 0 Å². The lowest BCUT2D eigenvalue weighted by molar-refractivity contribution is -0.117. The molecule has 3 amide bonds. The number of primary amides is 1. The first-order valence-corrected chi connectivity index (χ1v) is 11.2. The van der Waals surface area contributed by atoms with Gasteiger partial charge in [0.05, 0.1) is 5.69 Å². The fourth-order valence-electron chi connectivity index (χ4n) is 4.84. The second-order valence-electron chi connectivity index (χ2n) is 8.77. The number of rotatable bonds is 4. The Bertz CT molecular complexity index is 1340. The van der Waals surface area contributed by atoms with Crippen molar-refractivity contribution in [3.8, 4) is 5.69 Å². The Labute approximate surface area is 195 Å². The van der Waals surface area contributed by atoms with E-state index in [4.69, 9.17) is 5.73 Å². The van der Waals surface area contributed by atoms with Crippen LogP contribution in [-0.4, -0.2) is 40.6 Å². The van der Waals surface area contributed by atoms with Gasteiger partial charge in [0.2, 0.25) is 5.91 Å². The minimum absolute atomic E-state index is 0.0176. The van der Waals surface area contributed by atoms with Crippen LogP contribution in [0.1, 0.15) is 50.5 Å². The quantitative estimate of drug-likeness (QED) is 0.645. The first-order valence-electron chi connectivity index (χ1n) is 11.2. The standard InChI is InChI=1S/C25H24FN5O3/c1-14-10-16(26)13-18(11-14)31-23-19(22(28-31)24(27)33)7-9-29(25(23)34)17-5-6-20(15(2)12-17)30-8-3-4-21(30)32/h5-6,10-13H,3-4,7-9H2,1-2H3,(H2,27,33). The van der Waals surface area contributed by atoms with Crippen LogP contribution in [0.4, 0.5) is 15.8 Å². The summed E-state index contributed by atoms with van der Waals surface area (Å²) in [5.41, 5.74) is 9.62. The summed E-state index contributed by atoms with van der Waals surface area (Å²) in [4.78, 5) is 41.3. The van der Waals surface area contributed by atoms with Crippen LogP contribution in [0.3, 0.4) is 0 Å². The molecule has 1 aromatic heterocycles. The number of benzene rings is 2. The van der Waals surface area contributed by atoms with E-state index < -0.39 is 11.7 Å². The molecule has 3 aromatic rings. The third-order valence-corrected chi connectivity index (χ3v) is 6.38. The molecule has 0 radical (unpaired) electrons. The molecule has 2 aromatic carbocycles. The Hall–Kier alpha value is -4.01. The van der Waals surface area contributed by atoms with E-state index in [1.807, 2.05) is 25.1 Å². The van der Waals surface area contributed by atoms with Gasteiger partial charge in [-0.3, -0.25) is 14.4 Å². The number of aromatic nitrogens is 2. The number of nitrogens with zero attached hydrogens (tertiary/aromatic N) is 4. The van der Waals surface area contributed by atoms with Gasteiger partial charge in [-0.05, 0) is 74.2 Å². The maximum absolute atomic E-state index is 14.1. The van der Waals surface area contributed by atoms with Crippen LogP contribution in [0.5, 0.6) is 0 Å². The Morgan fingerprint density at radius 1 is 1.00 bits per heavy atom. The number of hydrogen-bond donors (Lipinski definition) is 1. The van der Waals surface area contributed by atoms with Crippen molar-refractivity contribution in [2.24, 2.45) is 5.73 Å². The number of aryl methyl sites for hydroxylation is 2. The van der Waals surface area contributed by atoms with Crippen LogP contribution < -0.4 is 15.5 Å². The number of nitrogens with two attached hydrogens (primary N) is 1. The van der Waals surface area contributed by atoms with E-state index in [1.165, 1.54) is 16.8 Å². The number of carbonyl (C=O) groups excluding carboxylic acids is 3. The zero-order valence-electron chi connectivity index (χ0n) is 19.0. The Morgan fingerprint density at radius 3 is 2.44 bits per heavy atom. The van der Waals surface area contributed by atoms with Crippen molar-refractivity contribution < 1.29 is 18.8 Å². The third-order valence-electron chi connectivity index (χ3n) is 6.38. The minimum atomic E-state index is -0.736. The van der Waals surface area contributed by atoms with Gasteiger partial charge in [0, 0.05) is 36.4 Å². The van der Waals surface area contributed by atoms with Gasteiger partial charge in [-0.1, -0.05) is 0 Å². The zero-order valence-corrected chi connectivity index (χ0v) is 19.0. The molecule has 34 heavy (non-hydrogen) atoms. The van der Waals surface area contributed by atoms with Crippen LogP contribution in [0.15, 0.2) is 36.4 Å². The van der Waals surface area contributed by atoms with Crippen LogP contribution in [0.2, 0.25) is 0 Å². The number of hydrogen-bond acceptors (Lipinski definition) is 4. The first kappa shape index (κ1) is 21.8. The molecule has 0 unspecified atom stereocenters. The van der Waals surface area contributed by atoms with Crippen molar-refractivity contribution in [2.75, 3.05) is 22.9 Å². The molecular weight excluding hydrogens is 437 g/mol. The Morgan fingerprint density at radius 2 is 1.79 bits per heavy atom. The van der Waals surface area contributed by atoms with Gasteiger partial charge in [0.1, 0.15) is 11.5 Å². The fraction of sp³-hybridized carbons (Fsp3) is 0.280. The van der Waals surface area contributed by atoms with Crippen LogP contribution >= 0.6 is 0 Å². The molecule has 9 heteroatoms. The molecule has 174 valence electrons. The van der Waals surface area contributed by atoms with Gasteiger partial charge in [0.25, 0.3) is 11.8 Å². The van der Waals surface area contributed by atoms with Crippen LogP contribution in [0.25, 0.3) is 5.69 Å². The lowest BCUT2D eigenvalue weighted by Gasteiger charge is -2.29. The van der Waals surface area contributed by atoms with Crippen molar-refractivity contribution in [1.29, 1.82) is 0 Å². The van der Waals surface area contributed by atoms with E-state index >= 15 is 0 Å². The highest BCUT2D eigenvalue weighted by atomic mass is 19.1. The fourth-order valence-corrected chi connectivity index (χ4v) is 4.84. The lowest BCUT2D eigenvalue weighted by Crippen LogP contribution is -2.39. The van der Waals surface area contributed by atoms with E-state index in [-0.39, 0.29) is 23.2 Å². The van der Waals surface area contributed by atoms with Crippen LogP contribution in [-0.2, 0) is 11.2 Å². The highest BCUT2D eigenvalue weighted by Crippen LogP contribution is 2.33. The summed E-state index contributed by atoms with van der Waals surface area (Å²) in [6.07, 6.45) is 1.75. The number of halogens is 1. The van der Waals surface area contributed by atoms with Gasteiger partial charge >= 0.3 is 0 Å². The normalized spacial score (nSPS) is 15.7. The molecule has 2 N–H and O–H groups in total. The summed E-state index contributed by atoms with van der Waals surface area (Å²) >= 11 is 0. The van der Waals surface area contributed by atoms with Gasteiger partial charge in [-0.2, -0.15) is 5.10 Å². The van der Waals surface area contributed by atoms with Gasteiger partial charge in [0.15, 0.2) is 5.69 Å². The molecule has 0 spiro atoms. The first-order chi connectivity index (χ1) is 16.2. The van der Waals surface area contributed by atoms with Gasteiger partial charge < -0.3 is 15.5 Å². The molecule has 2 aliphatic heterocycles. The summed E-state index contributed by atoms with van der Waals surface area (Å²) in [6, 6.07) is 9.89. The summed E-state index contributed by atoms with van der Waals surface area (Å²) in [5.74, 6) is -1.46. The topological polar surface area (TPSA) is 102 Å². The molecular formula is C25H24FN5O3. The predicted octanol–water partition coefficient (Wildman–Crippen LogP) is 3.06. The second kappa shape index (κ2) is 8.09. The van der Waals surface area contributed by atoms with E-state index in [2.05, 4.69) is 5.10 Å². The number of anilines is 2. The molecule has 0 bridgehead atoms. The maximum atomic E-state index is 14.1. The SMILES string of the molecule is Cc1cc(F)cc(-n2nc(C(N)=O)c3c2C(=O)N(c2ccc(N4CCCC4=O)c(C)c2)CC3)c1. The monoisotopic (exact) mass is 461 g/mol. The smallest absolute Gasteiger partial charge is 0.277 e. The molecule has 1 saturated heterocycles. The average Bonchev–Trinajstić information content (AvgIpc) is 3.37. The van der Waals surface area contributed by atoms with E-state index in [0.29, 0.717) is 48.4 Å². The molecule has 0 atom stereocenters. The number of amides is 3. The minimum Gasteiger partial charge on any atom is -0.364 e. The Kier molecular flexibility index (Phi) is 5.19. The average molecular weight is 461 g/mol. The zero-order chi connectivity index (χ0) is 24.1. The molecule has 0 saturated carbocycles. The highest BCUT2D eigenvalue weighted by Gasteiger charge is 2.35. The maximum Gasteiger partial charge on any atom is 0.277 e. The Balaban J connectivity index is 1.57. The number of carbonyl (C=O) groups is 3. The van der Waals surface area contributed by atoms with Crippen molar-refractivity contribution >= 4 is 29.1 Å². The van der Waals surface area contributed by atoms with Gasteiger partial charge in [-0.15, -0.1) is 0 Å². The molecule has 0 aliphatic carbocycles. The predicted molar refractivity (Wildman–Crippen MR) is 125 cm³/mol.